The van der Waals surface area contributed by atoms with Gasteiger partial charge in [-0.15, -0.1) is 93.9 Å². The van der Waals surface area contributed by atoms with E-state index in [0.29, 0.717) is 10.8 Å². The van der Waals surface area contributed by atoms with Crippen molar-refractivity contribution in [3.63, 3.8) is 0 Å². The summed E-state index contributed by atoms with van der Waals surface area (Å²) in [5.41, 5.74) is 13.1. The molecule has 0 N–H and O–H groups in total. The molecule has 0 unspecified atom stereocenters. The van der Waals surface area contributed by atoms with Crippen LogP contribution < -0.4 is 0 Å². The van der Waals surface area contributed by atoms with Gasteiger partial charge in [0.15, 0.2) is 0 Å². The smallest absolute Gasteiger partial charge is 0.00391 e. The van der Waals surface area contributed by atoms with E-state index in [9.17, 15) is 13.2 Å². The van der Waals surface area contributed by atoms with Gasteiger partial charge in [-0.1, -0.05) is 155 Å². The first-order valence-corrected chi connectivity index (χ1v) is 33.9. The molecule has 0 aliphatic heterocycles. The molecule has 10 saturated carbocycles. The van der Waals surface area contributed by atoms with Crippen molar-refractivity contribution in [2.24, 2.45) is 47.3 Å². The van der Waals surface area contributed by atoms with Crippen LogP contribution >= 0.6 is 24.8 Å². The third-order valence-electron chi connectivity index (χ3n) is 20.6. The van der Waals surface area contributed by atoms with Gasteiger partial charge in [0.25, 0.3) is 0 Å². The van der Waals surface area contributed by atoms with Crippen molar-refractivity contribution in [1.29, 1.82) is 0 Å². The number of hydrogen-bond donors (Lipinski definition) is 0. The zero-order valence-electron chi connectivity index (χ0n) is 46.3. The number of rotatable bonds is 8. The Morgan fingerprint density at radius 3 is 1.06 bits per heavy atom. The zero-order chi connectivity index (χ0) is 50.9. The van der Waals surface area contributed by atoms with Crippen molar-refractivity contribution in [2.75, 3.05) is 0 Å². The van der Waals surface area contributed by atoms with Crippen LogP contribution in [0.5, 0.6) is 0 Å². The summed E-state index contributed by atoms with van der Waals surface area (Å²) in [6, 6.07) is 43.7. The van der Waals surface area contributed by atoms with Crippen molar-refractivity contribution < 1.29 is 36.5 Å². The number of fused-ring (bicyclic) bond motifs is 2. The van der Waals surface area contributed by atoms with Gasteiger partial charge >= 0.3 is 36.4 Å². The van der Waals surface area contributed by atoms with E-state index in [-0.39, 0.29) is 32.2 Å². The average molecular weight is 1180 g/mol. The van der Waals surface area contributed by atoms with E-state index in [4.69, 9.17) is 0 Å². The Hall–Kier alpha value is -2.43. The number of hydrogen-bond acceptors (Lipinski definition) is 0. The summed E-state index contributed by atoms with van der Waals surface area (Å²) < 4.78 is 32.2. The molecular weight excluding hydrogens is 1090 g/mol. The summed E-state index contributed by atoms with van der Waals surface area (Å²) in [4.78, 5) is 0. The molecule has 0 aromatic heterocycles. The van der Waals surface area contributed by atoms with Crippen LogP contribution in [0.15, 0.2) is 109 Å². The van der Waals surface area contributed by atoms with E-state index < -0.39 is 12.6 Å². The molecule has 0 amide bonds. The fourth-order valence-electron chi connectivity index (χ4n) is 18.1. The molecule has 10 aliphatic carbocycles. The van der Waals surface area contributed by atoms with Crippen molar-refractivity contribution in [3.8, 4) is 22.3 Å². The quantitative estimate of drug-likeness (QED) is 0.0809. The minimum Gasteiger partial charge on any atom is -0.164 e. The van der Waals surface area contributed by atoms with Crippen molar-refractivity contribution in [3.05, 3.63) is 146 Å². The average Bonchev–Trinajstić information content (AvgIpc) is 3.79. The van der Waals surface area contributed by atoms with Crippen LogP contribution in [0.1, 0.15) is 183 Å². The summed E-state index contributed by atoms with van der Waals surface area (Å²) >= 11 is 1.36. The van der Waals surface area contributed by atoms with E-state index in [1.165, 1.54) is 234 Å². The van der Waals surface area contributed by atoms with Gasteiger partial charge in [0.2, 0.25) is 0 Å². The van der Waals surface area contributed by atoms with Crippen LogP contribution in [0.4, 0.5) is 13.2 Å². The maximum atomic E-state index is 10.7. The first kappa shape index (κ1) is 60.7. The van der Waals surface area contributed by atoms with Crippen molar-refractivity contribution >= 4 is 53.2 Å². The van der Waals surface area contributed by atoms with Gasteiger partial charge < -0.3 is 14.4 Å². The third-order valence-corrected chi connectivity index (χ3v) is 20.6. The molecule has 77 heavy (non-hydrogen) atoms. The van der Waals surface area contributed by atoms with Crippen LogP contribution in [-0.2, 0) is 47.0 Å². The van der Waals surface area contributed by atoms with E-state index in [1.54, 1.807) is 22.3 Å². The summed E-state index contributed by atoms with van der Waals surface area (Å²) in [6.07, 6.45) is 32.7. The Balaban J connectivity index is 0.000000173. The standard InChI is InChI=1S/2C33H39.C3H4F3.CH3.2ClH.Si.Zr/c2*1-2-4-7-23(6-3-1)14-24-18-29-8-5-9-31(32(29)19-24)28-10-12-30(13-11-28)33-20-25-15-26(21-33)17-27(16-25)22-33;1-2-3(4,5)6;;;;;/h2*5,8-13,18-19,23,25-27H,1-4,6-7,14-17,20-22H2;1-2H2;1H3;2*1H;;/q4*-1;;;;. The molecule has 6 aromatic rings. The van der Waals surface area contributed by atoms with Crippen molar-refractivity contribution in [1.82, 2.24) is 0 Å². The Kier molecular flexibility index (Phi) is 21.0. The van der Waals surface area contributed by atoms with Crippen LogP contribution in [0.2, 0.25) is 0 Å². The van der Waals surface area contributed by atoms with Crippen LogP contribution in [0, 0.1) is 61.7 Å². The topological polar surface area (TPSA) is 0 Å². The Morgan fingerprint density at radius 2 is 0.779 bits per heavy atom. The largest absolute Gasteiger partial charge is 0.164 e. The third kappa shape index (κ3) is 13.9. The normalized spacial score (nSPS) is 28.2. The molecule has 0 atom stereocenters. The molecule has 0 saturated heterocycles. The molecular formula is C70H87Cl2F3SiZr-4. The fourth-order valence-corrected chi connectivity index (χ4v) is 18.1. The first-order chi connectivity index (χ1) is 36.0. The minimum absolute atomic E-state index is 0. The van der Waals surface area contributed by atoms with Crippen LogP contribution in [0.3, 0.4) is 0 Å². The Labute approximate surface area is 491 Å². The minimum atomic E-state index is -4.07. The monoisotopic (exact) mass is 1170 g/mol. The van der Waals surface area contributed by atoms with Gasteiger partial charge in [0.1, 0.15) is 0 Å². The van der Waals surface area contributed by atoms with E-state index in [0.717, 1.165) is 47.3 Å². The molecule has 16 rings (SSSR count). The summed E-state index contributed by atoms with van der Waals surface area (Å²) in [5, 5.41) is 5.79. The van der Waals surface area contributed by atoms with Gasteiger partial charge in [0, 0.05) is 0 Å². The van der Waals surface area contributed by atoms with Crippen LogP contribution in [0.25, 0.3) is 43.8 Å². The summed E-state index contributed by atoms with van der Waals surface area (Å²) in [5.74, 6) is 7.88. The number of halogens is 5. The maximum absolute atomic E-state index is 10.7. The molecule has 0 heterocycles. The molecule has 6 aromatic carbocycles. The predicted octanol–water partition coefficient (Wildman–Crippen LogP) is 21.1. The molecule has 7 heteroatoms. The Morgan fingerprint density at radius 1 is 0.481 bits per heavy atom. The molecule has 8 bridgehead atoms. The maximum Gasteiger partial charge on any atom is -0.00391 e. The predicted molar refractivity (Wildman–Crippen MR) is 322 cm³/mol. The van der Waals surface area contributed by atoms with Crippen LogP contribution in [-0.4, -0.2) is 13.1 Å². The second-order valence-corrected chi connectivity index (χ2v) is 25.9. The van der Waals surface area contributed by atoms with Gasteiger partial charge in [-0.25, -0.2) is 0 Å². The number of alkyl halides is 3. The summed E-state index contributed by atoms with van der Waals surface area (Å²) in [7, 11) is 0. The van der Waals surface area contributed by atoms with Gasteiger partial charge in [0.05, 0.1) is 0 Å². The van der Waals surface area contributed by atoms with Gasteiger partial charge in [-0.05, 0) is 170 Å². The van der Waals surface area contributed by atoms with E-state index in [1.807, 2.05) is 0 Å². The second kappa shape index (κ2) is 26.7. The van der Waals surface area contributed by atoms with Gasteiger partial charge in [-0.3, -0.25) is 0 Å². The van der Waals surface area contributed by atoms with E-state index >= 15 is 0 Å². The molecule has 10 aliphatic rings. The molecule has 0 spiro atoms. The number of benzene rings is 4. The molecule has 0 nitrogen and oxygen atoms in total. The fraction of sp³-hybridized carbons (Fsp3) is 0.543. The summed E-state index contributed by atoms with van der Waals surface area (Å²) in [6.45, 7) is 5.69. The zero-order valence-corrected chi connectivity index (χ0v) is 51.4. The SMILES string of the molecule is Cl.Cl.[CH2-]CC(F)(F)F.[CH3-].[Si]=[Zr].c1cc(-c2ccc(C34CC5CC(CC(C5)C3)C4)cc2)c2cc(CC3CCCCCC3)[cH-]c2c1.c1cc(-c2ccc(C34CC5CC(CC(C5)C3)C4)cc2)c2cc(CC3CCCCCC3)[cH-]c2c1. The van der Waals surface area contributed by atoms with E-state index in [2.05, 4.69) is 123 Å². The Bertz CT molecular complexity index is 2530. The van der Waals surface area contributed by atoms with Gasteiger partial charge in [-0.2, -0.15) is 25.3 Å². The molecule has 414 valence electrons. The molecule has 10 fully saturated rings. The van der Waals surface area contributed by atoms with Crippen molar-refractivity contribution in [2.45, 2.75) is 190 Å². The molecule has 2 radical (unpaired) electrons. The first-order valence-electron chi connectivity index (χ1n) is 29.7. The second-order valence-electron chi connectivity index (χ2n) is 25.9.